The minimum atomic E-state index is -0.757. The molecule has 0 spiro atoms. The Balaban J connectivity index is 1.92. The monoisotopic (exact) mass is 349 g/mol. The zero-order valence-corrected chi connectivity index (χ0v) is 13.2. The number of nitro benzene ring substituents is 1. The number of halogens is 1. The molecule has 1 aromatic heterocycles. The highest BCUT2D eigenvalue weighted by atomic mass is 35.5. The minimum Gasteiger partial charge on any atom is -0.452 e. The zero-order valence-electron chi connectivity index (χ0n) is 12.5. The molecule has 1 N–H and O–H groups in total. The van der Waals surface area contributed by atoms with Gasteiger partial charge < -0.3 is 10.1 Å². The molecule has 0 fully saturated rings. The van der Waals surface area contributed by atoms with Crippen LogP contribution in [0, 0.1) is 17.0 Å². The van der Waals surface area contributed by atoms with Crippen molar-refractivity contribution in [1.82, 2.24) is 4.98 Å². The molecule has 9 heteroatoms. The number of nitrogens with zero attached hydrogens (tertiary/aromatic N) is 2. The third-order valence-electron chi connectivity index (χ3n) is 2.96. The van der Waals surface area contributed by atoms with Gasteiger partial charge in [-0.15, -0.1) is 0 Å². The number of benzene rings is 1. The van der Waals surface area contributed by atoms with Gasteiger partial charge in [-0.25, -0.2) is 9.78 Å². The van der Waals surface area contributed by atoms with E-state index in [1.807, 2.05) is 0 Å². The number of carbonyl (C=O) groups is 2. The maximum Gasteiger partial charge on any atom is 0.338 e. The topological polar surface area (TPSA) is 111 Å². The predicted octanol–water partition coefficient (Wildman–Crippen LogP) is 2.75. The lowest BCUT2D eigenvalue weighted by atomic mass is 10.1. The first kappa shape index (κ1) is 17.4. The lowest BCUT2D eigenvalue weighted by molar-refractivity contribution is -0.385. The lowest BCUT2D eigenvalue weighted by Gasteiger charge is -2.06. The first-order valence-corrected chi connectivity index (χ1v) is 7.08. The van der Waals surface area contributed by atoms with Crippen LogP contribution >= 0.6 is 11.6 Å². The van der Waals surface area contributed by atoms with Gasteiger partial charge in [0.1, 0.15) is 5.82 Å². The molecule has 0 saturated carbocycles. The van der Waals surface area contributed by atoms with Crippen molar-refractivity contribution >= 4 is 35.0 Å². The fourth-order valence-electron chi connectivity index (χ4n) is 1.83. The van der Waals surface area contributed by atoms with Gasteiger partial charge in [0.15, 0.2) is 6.61 Å². The van der Waals surface area contributed by atoms with Gasteiger partial charge in [-0.3, -0.25) is 14.9 Å². The number of hydrogen-bond acceptors (Lipinski definition) is 6. The molecule has 0 saturated heterocycles. The molecule has 0 atom stereocenters. The maximum atomic E-state index is 11.9. The number of rotatable bonds is 5. The Labute approximate surface area is 141 Å². The van der Waals surface area contributed by atoms with Gasteiger partial charge in [0.2, 0.25) is 0 Å². The molecule has 1 heterocycles. The van der Waals surface area contributed by atoms with E-state index in [0.717, 1.165) is 0 Å². The number of ether oxygens (including phenoxy) is 1. The van der Waals surface area contributed by atoms with Crippen LogP contribution in [-0.2, 0) is 9.53 Å². The molecule has 124 valence electrons. The summed E-state index contributed by atoms with van der Waals surface area (Å²) >= 11 is 5.68. The van der Waals surface area contributed by atoms with E-state index in [2.05, 4.69) is 10.3 Å². The second-order valence-electron chi connectivity index (χ2n) is 4.74. The third kappa shape index (κ3) is 4.50. The lowest BCUT2D eigenvalue weighted by Crippen LogP contribution is -2.21. The van der Waals surface area contributed by atoms with Crippen LogP contribution in [0.15, 0.2) is 36.5 Å². The van der Waals surface area contributed by atoms with Crippen LogP contribution in [0.25, 0.3) is 0 Å². The van der Waals surface area contributed by atoms with E-state index in [1.165, 1.54) is 37.4 Å². The molecule has 0 aliphatic heterocycles. The molecule has 0 unspecified atom stereocenters. The van der Waals surface area contributed by atoms with Crippen LogP contribution in [0.2, 0.25) is 5.02 Å². The molecule has 8 nitrogen and oxygen atoms in total. The summed E-state index contributed by atoms with van der Waals surface area (Å²) in [7, 11) is 0. The number of aromatic nitrogens is 1. The third-order valence-corrected chi connectivity index (χ3v) is 3.18. The van der Waals surface area contributed by atoms with Gasteiger partial charge in [0.25, 0.3) is 11.6 Å². The standard InChI is InChI=1S/C15H12ClN3O5/c1-9-6-10(2-4-12(9)19(22)23)15(21)24-8-14(20)18-13-5-3-11(16)7-17-13/h2-7H,8H2,1H3,(H,17,18,20). The smallest absolute Gasteiger partial charge is 0.338 e. The van der Waals surface area contributed by atoms with Crippen molar-refractivity contribution in [3.05, 3.63) is 62.8 Å². The van der Waals surface area contributed by atoms with E-state index in [-0.39, 0.29) is 17.1 Å². The van der Waals surface area contributed by atoms with Crippen LogP contribution in [0.1, 0.15) is 15.9 Å². The average molecular weight is 350 g/mol. The molecule has 0 aliphatic carbocycles. The zero-order chi connectivity index (χ0) is 17.7. The van der Waals surface area contributed by atoms with E-state index < -0.39 is 23.4 Å². The number of hydrogen-bond donors (Lipinski definition) is 1. The molecule has 2 rings (SSSR count). The molecular weight excluding hydrogens is 338 g/mol. The van der Waals surface area contributed by atoms with Crippen molar-refractivity contribution in [2.75, 3.05) is 11.9 Å². The minimum absolute atomic E-state index is 0.0990. The highest BCUT2D eigenvalue weighted by molar-refractivity contribution is 6.30. The van der Waals surface area contributed by atoms with Gasteiger partial charge in [-0.2, -0.15) is 0 Å². The average Bonchev–Trinajstić information content (AvgIpc) is 2.54. The van der Waals surface area contributed by atoms with E-state index >= 15 is 0 Å². The molecular formula is C15H12ClN3O5. The summed E-state index contributed by atoms with van der Waals surface area (Å²) < 4.78 is 4.87. The van der Waals surface area contributed by atoms with Crippen molar-refractivity contribution < 1.29 is 19.2 Å². The number of nitro groups is 1. The molecule has 0 bridgehead atoms. The van der Waals surface area contributed by atoms with Crippen LogP contribution in [0.3, 0.4) is 0 Å². The Hall–Kier alpha value is -3.00. The first-order chi connectivity index (χ1) is 11.4. The fraction of sp³-hybridized carbons (Fsp3) is 0.133. The second-order valence-corrected chi connectivity index (χ2v) is 5.18. The summed E-state index contributed by atoms with van der Waals surface area (Å²) in [6.45, 7) is 0.993. The number of pyridine rings is 1. The Morgan fingerprint density at radius 2 is 2.08 bits per heavy atom. The van der Waals surface area contributed by atoms with Gasteiger partial charge in [-0.05, 0) is 31.2 Å². The number of anilines is 1. The Kier molecular flexibility index (Phi) is 5.43. The Morgan fingerprint density at radius 1 is 1.33 bits per heavy atom. The maximum absolute atomic E-state index is 11.9. The summed E-state index contributed by atoms with van der Waals surface area (Å²) in [5, 5.41) is 13.6. The van der Waals surface area contributed by atoms with Crippen molar-refractivity contribution in [2.45, 2.75) is 6.92 Å². The number of nitrogens with one attached hydrogen (secondary N) is 1. The van der Waals surface area contributed by atoms with Crippen molar-refractivity contribution in [2.24, 2.45) is 0 Å². The highest BCUT2D eigenvalue weighted by Crippen LogP contribution is 2.19. The van der Waals surface area contributed by atoms with Gasteiger partial charge in [0.05, 0.1) is 15.5 Å². The predicted molar refractivity (Wildman–Crippen MR) is 86.0 cm³/mol. The second kappa shape index (κ2) is 7.51. The first-order valence-electron chi connectivity index (χ1n) is 6.70. The summed E-state index contributed by atoms with van der Waals surface area (Å²) in [5.74, 6) is -1.06. The molecule has 2 aromatic rings. The molecule has 0 aliphatic rings. The van der Waals surface area contributed by atoms with E-state index in [1.54, 1.807) is 6.07 Å². The number of aryl methyl sites for hydroxylation is 1. The van der Waals surface area contributed by atoms with Crippen molar-refractivity contribution in [1.29, 1.82) is 0 Å². The largest absolute Gasteiger partial charge is 0.452 e. The van der Waals surface area contributed by atoms with Crippen LogP contribution < -0.4 is 5.32 Å². The highest BCUT2D eigenvalue weighted by Gasteiger charge is 2.15. The van der Waals surface area contributed by atoms with Crippen LogP contribution in [-0.4, -0.2) is 28.4 Å². The van der Waals surface area contributed by atoms with E-state index in [4.69, 9.17) is 16.3 Å². The molecule has 1 amide bonds. The number of carbonyl (C=O) groups excluding carboxylic acids is 2. The quantitative estimate of drug-likeness (QED) is 0.504. The molecule has 24 heavy (non-hydrogen) atoms. The summed E-state index contributed by atoms with van der Waals surface area (Å²) in [6, 6.07) is 6.87. The van der Waals surface area contributed by atoms with Gasteiger partial charge in [0, 0.05) is 17.8 Å². The van der Waals surface area contributed by atoms with Crippen LogP contribution in [0.5, 0.6) is 0 Å². The number of amides is 1. The van der Waals surface area contributed by atoms with Crippen molar-refractivity contribution in [3.8, 4) is 0 Å². The summed E-state index contributed by atoms with van der Waals surface area (Å²) in [6.07, 6.45) is 1.36. The Bertz CT molecular complexity index is 792. The van der Waals surface area contributed by atoms with Crippen molar-refractivity contribution in [3.63, 3.8) is 0 Å². The SMILES string of the molecule is Cc1cc(C(=O)OCC(=O)Nc2ccc(Cl)cn2)ccc1[N+](=O)[O-]. The summed E-state index contributed by atoms with van der Waals surface area (Å²) in [4.78, 5) is 37.6. The molecule has 0 radical (unpaired) electrons. The normalized spacial score (nSPS) is 10.1. The van der Waals surface area contributed by atoms with Gasteiger partial charge >= 0.3 is 5.97 Å². The molecule has 1 aromatic carbocycles. The number of esters is 1. The Morgan fingerprint density at radius 3 is 2.67 bits per heavy atom. The van der Waals surface area contributed by atoms with E-state index in [0.29, 0.717) is 10.6 Å². The van der Waals surface area contributed by atoms with Crippen LogP contribution in [0.4, 0.5) is 11.5 Å². The summed E-state index contributed by atoms with van der Waals surface area (Å²) in [5.41, 5.74) is 0.345. The van der Waals surface area contributed by atoms with Gasteiger partial charge in [-0.1, -0.05) is 11.6 Å². The van der Waals surface area contributed by atoms with E-state index in [9.17, 15) is 19.7 Å². The fourth-order valence-corrected chi connectivity index (χ4v) is 1.94.